The van der Waals surface area contributed by atoms with Gasteiger partial charge in [0.15, 0.2) is 23.0 Å². The fraction of sp³-hybridized carbons (Fsp3) is 0.118. The van der Waals surface area contributed by atoms with Gasteiger partial charge in [-0.3, -0.25) is 0 Å². The van der Waals surface area contributed by atoms with Gasteiger partial charge in [0.05, 0.1) is 12.6 Å². The number of hydrogen-bond donors (Lipinski definition) is 1. The SMILES string of the molecule is COc1ccccc1OCc1nc2c3ccccc3[nH]c(=O)n2n1. The highest BCUT2D eigenvalue weighted by molar-refractivity contribution is 5.90. The second-order valence-corrected chi connectivity index (χ2v) is 5.18. The maximum Gasteiger partial charge on any atom is 0.348 e. The average Bonchev–Trinajstić information content (AvgIpc) is 3.05. The van der Waals surface area contributed by atoms with Gasteiger partial charge >= 0.3 is 5.69 Å². The number of methoxy groups -OCH3 is 1. The molecule has 0 radical (unpaired) electrons. The molecule has 0 atom stereocenters. The summed E-state index contributed by atoms with van der Waals surface area (Å²) in [5.41, 5.74) is 0.896. The lowest BCUT2D eigenvalue weighted by Crippen LogP contribution is -2.17. The molecule has 2 heterocycles. The van der Waals surface area contributed by atoms with Crippen molar-refractivity contribution in [1.29, 1.82) is 0 Å². The van der Waals surface area contributed by atoms with Gasteiger partial charge in [-0.05, 0) is 24.3 Å². The van der Waals surface area contributed by atoms with E-state index < -0.39 is 0 Å². The molecule has 2 aromatic carbocycles. The topological polar surface area (TPSA) is 81.5 Å². The van der Waals surface area contributed by atoms with Crippen molar-refractivity contribution in [2.24, 2.45) is 0 Å². The third kappa shape index (κ3) is 2.36. The highest BCUT2D eigenvalue weighted by atomic mass is 16.5. The normalized spacial score (nSPS) is 11.0. The molecule has 0 unspecified atom stereocenters. The summed E-state index contributed by atoms with van der Waals surface area (Å²) in [7, 11) is 1.58. The van der Waals surface area contributed by atoms with Crippen LogP contribution in [0.4, 0.5) is 0 Å². The van der Waals surface area contributed by atoms with Gasteiger partial charge < -0.3 is 14.5 Å². The van der Waals surface area contributed by atoms with Gasteiger partial charge in [0.25, 0.3) is 0 Å². The molecule has 0 spiro atoms. The van der Waals surface area contributed by atoms with Gasteiger partial charge in [-0.25, -0.2) is 9.78 Å². The number of rotatable bonds is 4. The molecule has 0 fully saturated rings. The van der Waals surface area contributed by atoms with E-state index in [2.05, 4.69) is 15.1 Å². The number of nitrogens with zero attached hydrogens (tertiary/aromatic N) is 3. The number of aromatic nitrogens is 4. The number of benzene rings is 2. The number of hydrogen-bond acceptors (Lipinski definition) is 5. The van der Waals surface area contributed by atoms with Crippen molar-refractivity contribution < 1.29 is 9.47 Å². The zero-order valence-electron chi connectivity index (χ0n) is 12.9. The molecule has 0 saturated carbocycles. The van der Waals surface area contributed by atoms with Crippen LogP contribution in [0.5, 0.6) is 11.5 Å². The van der Waals surface area contributed by atoms with Crippen LogP contribution in [0.15, 0.2) is 53.3 Å². The summed E-state index contributed by atoms with van der Waals surface area (Å²) in [4.78, 5) is 19.3. The summed E-state index contributed by atoms with van der Waals surface area (Å²) >= 11 is 0. The molecule has 4 rings (SSSR count). The molecule has 2 aromatic heterocycles. The molecule has 0 bridgehead atoms. The second kappa shape index (κ2) is 5.69. The monoisotopic (exact) mass is 322 g/mol. The first kappa shape index (κ1) is 14.3. The Morgan fingerprint density at radius 3 is 2.67 bits per heavy atom. The van der Waals surface area contributed by atoms with Crippen molar-refractivity contribution in [2.45, 2.75) is 6.61 Å². The highest BCUT2D eigenvalue weighted by Gasteiger charge is 2.12. The summed E-state index contributed by atoms with van der Waals surface area (Å²) in [6.45, 7) is 0.135. The maximum absolute atomic E-state index is 12.1. The summed E-state index contributed by atoms with van der Waals surface area (Å²) in [6.07, 6.45) is 0. The lowest BCUT2D eigenvalue weighted by molar-refractivity contribution is 0.276. The first-order chi connectivity index (χ1) is 11.8. The smallest absolute Gasteiger partial charge is 0.348 e. The van der Waals surface area contributed by atoms with E-state index in [-0.39, 0.29) is 12.3 Å². The van der Waals surface area contributed by atoms with Gasteiger partial charge in [0.2, 0.25) is 0 Å². The lowest BCUT2D eigenvalue weighted by atomic mass is 10.2. The van der Waals surface area contributed by atoms with Crippen LogP contribution in [0.2, 0.25) is 0 Å². The Balaban J connectivity index is 1.72. The number of para-hydroxylation sites is 3. The van der Waals surface area contributed by atoms with Crippen molar-refractivity contribution in [3.05, 3.63) is 64.8 Å². The van der Waals surface area contributed by atoms with Gasteiger partial charge in [-0.1, -0.05) is 24.3 Å². The van der Waals surface area contributed by atoms with Crippen LogP contribution in [0.3, 0.4) is 0 Å². The fourth-order valence-electron chi connectivity index (χ4n) is 2.57. The molecule has 7 heteroatoms. The Morgan fingerprint density at radius 2 is 1.83 bits per heavy atom. The third-order valence-corrected chi connectivity index (χ3v) is 3.68. The van der Waals surface area contributed by atoms with Crippen molar-refractivity contribution in [1.82, 2.24) is 19.6 Å². The van der Waals surface area contributed by atoms with Crippen LogP contribution in [-0.4, -0.2) is 26.7 Å². The van der Waals surface area contributed by atoms with Crippen LogP contribution >= 0.6 is 0 Å². The lowest BCUT2D eigenvalue weighted by Gasteiger charge is -2.08. The minimum absolute atomic E-state index is 0.135. The number of fused-ring (bicyclic) bond motifs is 3. The molecular formula is C17H14N4O3. The van der Waals surface area contributed by atoms with Gasteiger partial charge in [0, 0.05) is 5.39 Å². The number of aromatic amines is 1. The predicted molar refractivity (Wildman–Crippen MR) is 88.4 cm³/mol. The van der Waals surface area contributed by atoms with Crippen LogP contribution < -0.4 is 15.2 Å². The highest BCUT2D eigenvalue weighted by Crippen LogP contribution is 2.26. The van der Waals surface area contributed by atoms with Crippen LogP contribution in [0.1, 0.15) is 5.82 Å². The largest absolute Gasteiger partial charge is 0.493 e. The molecule has 0 aliphatic carbocycles. The van der Waals surface area contributed by atoms with Crippen LogP contribution in [-0.2, 0) is 6.61 Å². The number of nitrogens with one attached hydrogen (secondary N) is 1. The Kier molecular flexibility index (Phi) is 3.38. The molecular weight excluding hydrogens is 308 g/mol. The van der Waals surface area contributed by atoms with E-state index in [1.54, 1.807) is 13.2 Å². The summed E-state index contributed by atoms with van der Waals surface area (Å²) in [6, 6.07) is 14.8. The molecule has 7 nitrogen and oxygen atoms in total. The van der Waals surface area contributed by atoms with E-state index in [4.69, 9.17) is 9.47 Å². The Bertz CT molecular complexity index is 1080. The molecule has 0 aliphatic heterocycles. The van der Waals surface area contributed by atoms with Gasteiger partial charge in [-0.2, -0.15) is 4.52 Å². The van der Waals surface area contributed by atoms with E-state index in [1.165, 1.54) is 4.52 Å². The minimum atomic E-state index is -0.334. The maximum atomic E-state index is 12.1. The minimum Gasteiger partial charge on any atom is -0.493 e. The van der Waals surface area contributed by atoms with Crippen LogP contribution in [0.25, 0.3) is 16.6 Å². The zero-order valence-corrected chi connectivity index (χ0v) is 12.9. The van der Waals surface area contributed by atoms with Crippen molar-refractivity contribution in [3.63, 3.8) is 0 Å². The van der Waals surface area contributed by atoms with E-state index in [0.29, 0.717) is 23.0 Å². The molecule has 24 heavy (non-hydrogen) atoms. The standard InChI is InChI=1S/C17H14N4O3/c1-23-13-8-4-5-9-14(13)24-10-15-19-16-11-6-2-3-7-12(11)18-17(22)21(16)20-15/h2-9H,10H2,1H3,(H,18,22). The fourth-order valence-corrected chi connectivity index (χ4v) is 2.57. The van der Waals surface area contributed by atoms with Crippen LogP contribution in [0, 0.1) is 0 Å². The Labute approximate surface area is 136 Å². The summed E-state index contributed by atoms with van der Waals surface area (Å²) in [5.74, 6) is 1.64. The molecule has 4 aromatic rings. The van der Waals surface area contributed by atoms with E-state index in [1.807, 2.05) is 42.5 Å². The van der Waals surface area contributed by atoms with Crippen molar-refractivity contribution in [3.8, 4) is 11.5 Å². The van der Waals surface area contributed by atoms with E-state index in [0.717, 1.165) is 10.9 Å². The number of ether oxygens (including phenoxy) is 2. The predicted octanol–water partition coefficient (Wildman–Crippen LogP) is 2.16. The average molecular weight is 322 g/mol. The quantitative estimate of drug-likeness (QED) is 0.622. The second-order valence-electron chi connectivity index (χ2n) is 5.18. The molecule has 0 saturated heterocycles. The van der Waals surface area contributed by atoms with Crippen molar-refractivity contribution >= 4 is 16.6 Å². The molecule has 120 valence electrons. The molecule has 1 N–H and O–H groups in total. The third-order valence-electron chi connectivity index (χ3n) is 3.68. The van der Waals surface area contributed by atoms with E-state index in [9.17, 15) is 4.79 Å². The Morgan fingerprint density at radius 1 is 1.08 bits per heavy atom. The molecule has 0 amide bonds. The summed E-state index contributed by atoms with van der Waals surface area (Å²) < 4.78 is 12.2. The van der Waals surface area contributed by atoms with Gasteiger partial charge in [0.1, 0.15) is 6.61 Å². The van der Waals surface area contributed by atoms with Crippen molar-refractivity contribution in [2.75, 3.05) is 7.11 Å². The molecule has 0 aliphatic rings. The number of H-pyrrole nitrogens is 1. The first-order valence-electron chi connectivity index (χ1n) is 7.39. The van der Waals surface area contributed by atoms with Gasteiger partial charge in [-0.15, -0.1) is 5.10 Å². The zero-order chi connectivity index (χ0) is 16.5. The summed E-state index contributed by atoms with van der Waals surface area (Å²) in [5, 5.41) is 5.06. The van der Waals surface area contributed by atoms with E-state index >= 15 is 0 Å². The first-order valence-corrected chi connectivity index (χ1v) is 7.39. The Hall–Kier alpha value is -3.35.